The third kappa shape index (κ3) is 8.19. The Balaban J connectivity index is 0.00000341. The summed E-state index contributed by atoms with van der Waals surface area (Å²) in [6.07, 6.45) is 4.86. The van der Waals surface area contributed by atoms with Crippen LogP contribution in [-0.2, 0) is 13.0 Å². The highest BCUT2D eigenvalue weighted by Gasteiger charge is 2.20. The molecule has 2 heterocycles. The molecular formula is C22H33FIN5OS. The van der Waals surface area contributed by atoms with E-state index in [2.05, 4.69) is 34.4 Å². The van der Waals surface area contributed by atoms with Crippen LogP contribution >= 0.6 is 35.3 Å². The molecule has 0 atom stereocenters. The summed E-state index contributed by atoms with van der Waals surface area (Å²) in [4.78, 5) is 12.7. The van der Waals surface area contributed by atoms with E-state index in [1.165, 1.54) is 12.0 Å². The molecule has 0 radical (unpaired) electrons. The number of hydrogen-bond donors (Lipinski definition) is 2. The number of benzene rings is 1. The first-order valence-corrected chi connectivity index (χ1v) is 11.4. The minimum atomic E-state index is -0.300. The number of hydrogen-bond acceptors (Lipinski definition) is 5. The number of piperidine rings is 1. The van der Waals surface area contributed by atoms with Crippen molar-refractivity contribution in [1.29, 1.82) is 0 Å². The number of guanidine groups is 1. The van der Waals surface area contributed by atoms with Gasteiger partial charge in [-0.25, -0.2) is 9.37 Å². The zero-order valence-electron chi connectivity index (χ0n) is 18.5. The van der Waals surface area contributed by atoms with Crippen LogP contribution in [-0.4, -0.2) is 55.2 Å². The van der Waals surface area contributed by atoms with Gasteiger partial charge in [0.2, 0.25) is 0 Å². The van der Waals surface area contributed by atoms with E-state index in [9.17, 15) is 4.39 Å². The predicted octanol–water partition coefficient (Wildman–Crippen LogP) is 3.98. The third-order valence-electron chi connectivity index (χ3n) is 5.16. The smallest absolute Gasteiger partial charge is 0.191 e. The van der Waals surface area contributed by atoms with E-state index < -0.39 is 0 Å². The molecule has 1 fully saturated rings. The lowest BCUT2D eigenvalue weighted by atomic mass is 10.0. The molecule has 172 valence electrons. The molecule has 0 saturated carbocycles. The Labute approximate surface area is 205 Å². The highest BCUT2D eigenvalue weighted by atomic mass is 127. The van der Waals surface area contributed by atoms with E-state index >= 15 is 0 Å². The van der Waals surface area contributed by atoms with Crippen molar-refractivity contribution >= 4 is 41.3 Å². The van der Waals surface area contributed by atoms with Gasteiger partial charge in [0.1, 0.15) is 0 Å². The van der Waals surface area contributed by atoms with Crippen molar-refractivity contribution in [3.05, 3.63) is 45.7 Å². The van der Waals surface area contributed by atoms with Gasteiger partial charge in [-0.15, -0.1) is 35.3 Å². The minimum absolute atomic E-state index is 0. The van der Waals surface area contributed by atoms with Crippen molar-refractivity contribution in [3.63, 3.8) is 0 Å². The lowest BCUT2D eigenvalue weighted by molar-refractivity contribution is 0.198. The maximum absolute atomic E-state index is 13.9. The Hall–Kier alpha value is -1.46. The standard InChI is InChI=1S/C22H32FN5OS.HI/c1-4-24-22(25-10-7-21-26-14-16(2)30-21)27-18-8-11-28(12-9-18)15-17-5-6-20(29-3)19(23)13-17;/h5-6,13-14,18H,4,7-12,15H2,1-3H3,(H2,24,25,27);1H. The first-order valence-electron chi connectivity index (χ1n) is 10.6. The Morgan fingerprint density at radius 3 is 2.74 bits per heavy atom. The normalized spacial score (nSPS) is 15.4. The summed E-state index contributed by atoms with van der Waals surface area (Å²) in [6, 6.07) is 5.61. The maximum atomic E-state index is 13.9. The van der Waals surface area contributed by atoms with Crippen molar-refractivity contribution in [2.45, 2.75) is 45.7 Å². The van der Waals surface area contributed by atoms with Gasteiger partial charge in [0.05, 0.1) is 12.1 Å². The van der Waals surface area contributed by atoms with Gasteiger partial charge in [0, 0.05) is 56.3 Å². The lowest BCUT2D eigenvalue weighted by Gasteiger charge is -2.33. The molecule has 0 aliphatic carbocycles. The van der Waals surface area contributed by atoms with Crippen LogP contribution in [0.4, 0.5) is 4.39 Å². The van der Waals surface area contributed by atoms with E-state index in [1.54, 1.807) is 23.5 Å². The van der Waals surface area contributed by atoms with Gasteiger partial charge in [-0.05, 0) is 44.4 Å². The second-order valence-electron chi connectivity index (χ2n) is 7.54. The first-order chi connectivity index (χ1) is 14.6. The molecule has 1 aliphatic rings. The summed E-state index contributed by atoms with van der Waals surface area (Å²) in [6.45, 7) is 8.43. The molecule has 2 aromatic rings. The fourth-order valence-corrected chi connectivity index (χ4v) is 4.37. The van der Waals surface area contributed by atoms with Crippen molar-refractivity contribution in [2.75, 3.05) is 33.3 Å². The zero-order valence-corrected chi connectivity index (χ0v) is 21.6. The van der Waals surface area contributed by atoms with Gasteiger partial charge < -0.3 is 15.4 Å². The third-order valence-corrected chi connectivity index (χ3v) is 6.13. The van der Waals surface area contributed by atoms with Crippen LogP contribution in [0.15, 0.2) is 29.4 Å². The summed E-state index contributed by atoms with van der Waals surface area (Å²) in [7, 11) is 1.49. The summed E-state index contributed by atoms with van der Waals surface area (Å²) in [5, 5.41) is 8.05. The molecule has 31 heavy (non-hydrogen) atoms. The second kappa shape index (κ2) is 13.2. The van der Waals surface area contributed by atoms with E-state index in [4.69, 9.17) is 9.73 Å². The summed E-state index contributed by atoms with van der Waals surface area (Å²) >= 11 is 1.73. The van der Waals surface area contributed by atoms with E-state index in [-0.39, 0.29) is 29.8 Å². The van der Waals surface area contributed by atoms with Gasteiger partial charge in [-0.1, -0.05) is 6.07 Å². The van der Waals surface area contributed by atoms with Gasteiger partial charge in [0.15, 0.2) is 17.5 Å². The number of aromatic nitrogens is 1. The number of ether oxygens (including phenoxy) is 1. The average Bonchev–Trinajstić information content (AvgIpc) is 3.15. The fraction of sp³-hybridized carbons (Fsp3) is 0.545. The zero-order chi connectivity index (χ0) is 21.3. The second-order valence-corrected chi connectivity index (χ2v) is 8.86. The number of rotatable bonds is 8. The summed E-state index contributed by atoms with van der Waals surface area (Å²) in [5.41, 5.74) is 0.979. The molecular weight excluding hydrogens is 528 g/mol. The van der Waals surface area contributed by atoms with Gasteiger partial charge in [-0.3, -0.25) is 9.89 Å². The number of nitrogens with zero attached hydrogens (tertiary/aromatic N) is 3. The fourth-order valence-electron chi connectivity index (χ4n) is 3.60. The highest BCUT2D eigenvalue weighted by molar-refractivity contribution is 14.0. The molecule has 1 aliphatic heterocycles. The molecule has 9 heteroatoms. The Bertz CT molecular complexity index is 839. The summed E-state index contributed by atoms with van der Waals surface area (Å²) < 4.78 is 18.9. The number of nitrogens with one attached hydrogen (secondary N) is 2. The van der Waals surface area contributed by atoms with Crippen molar-refractivity contribution in [3.8, 4) is 5.75 Å². The Kier molecular flexibility index (Phi) is 11.0. The number of likely N-dealkylation sites (tertiary alicyclic amines) is 1. The Morgan fingerprint density at radius 2 is 2.13 bits per heavy atom. The molecule has 0 unspecified atom stereocenters. The minimum Gasteiger partial charge on any atom is -0.494 e. The first kappa shape index (κ1) is 25.8. The molecule has 0 spiro atoms. The van der Waals surface area contributed by atoms with E-state index in [1.807, 2.05) is 12.3 Å². The van der Waals surface area contributed by atoms with Gasteiger partial charge in [-0.2, -0.15) is 0 Å². The number of aryl methyl sites for hydroxylation is 1. The largest absolute Gasteiger partial charge is 0.494 e. The van der Waals surface area contributed by atoms with E-state index in [0.29, 0.717) is 11.8 Å². The summed E-state index contributed by atoms with van der Waals surface area (Å²) in [5.74, 6) is 0.870. The number of aliphatic imine (C=N–C) groups is 1. The predicted molar refractivity (Wildman–Crippen MR) is 136 cm³/mol. The number of methoxy groups -OCH3 is 1. The lowest BCUT2D eigenvalue weighted by Crippen LogP contribution is -2.48. The molecule has 0 bridgehead atoms. The number of halogens is 2. The van der Waals surface area contributed by atoms with Crippen LogP contribution in [0.1, 0.15) is 35.2 Å². The van der Waals surface area contributed by atoms with Crippen molar-refractivity contribution < 1.29 is 9.13 Å². The van der Waals surface area contributed by atoms with Crippen LogP contribution in [0.3, 0.4) is 0 Å². The van der Waals surface area contributed by atoms with Gasteiger partial charge in [0.25, 0.3) is 0 Å². The average molecular weight is 562 g/mol. The molecule has 0 amide bonds. The quantitative estimate of drug-likeness (QED) is 0.290. The van der Waals surface area contributed by atoms with Crippen LogP contribution < -0.4 is 15.4 Å². The molecule has 1 saturated heterocycles. The van der Waals surface area contributed by atoms with Crippen LogP contribution in [0.2, 0.25) is 0 Å². The topological polar surface area (TPSA) is 61.8 Å². The molecule has 2 N–H and O–H groups in total. The highest BCUT2D eigenvalue weighted by Crippen LogP contribution is 2.20. The van der Waals surface area contributed by atoms with Crippen molar-refractivity contribution in [2.24, 2.45) is 4.99 Å². The SMILES string of the molecule is CCNC(=NCCc1ncc(C)s1)NC1CCN(Cc2ccc(OC)c(F)c2)CC1.I. The van der Waals surface area contributed by atoms with Crippen LogP contribution in [0.5, 0.6) is 5.75 Å². The van der Waals surface area contributed by atoms with Gasteiger partial charge >= 0.3 is 0 Å². The monoisotopic (exact) mass is 561 g/mol. The maximum Gasteiger partial charge on any atom is 0.191 e. The molecule has 1 aromatic carbocycles. The molecule has 1 aromatic heterocycles. The van der Waals surface area contributed by atoms with Crippen molar-refractivity contribution in [1.82, 2.24) is 20.5 Å². The van der Waals surface area contributed by atoms with E-state index in [0.717, 1.165) is 68.5 Å². The van der Waals surface area contributed by atoms with Crippen LogP contribution in [0, 0.1) is 12.7 Å². The Morgan fingerprint density at radius 1 is 1.35 bits per heavy atom. The molecule has 6 nitrogen and oxygen atoms in total. The molecule has 3 rings (SSSR count). The number of thiazole rings is 1. The van der Waals surface area contributed by atoms with Crippen LogP contribution in [0.25, 0.3) is 0 Å².